The molecule has 0 bridgehead atoms. The predicted octanol–water partition coefficient (Wildman–Crippen LogP) is 3.27. The van der Waals surface area contributed by atoms with Crippen molar-refractivity contribution in [2.45, 2.75) is 17.7 Å². The first-order valence-corrected chi connectivity index (χ1v) is 8.10. The van der Waals surface area contributed by atoms with E-state index in [0.29, 0.717) is 0 Å². The van der Waals surface area contributed by atoms with Gasteiger partial charge in [0.1, 0.15) is 0 Å². The first-order valence-electron chi connectivity index (χ1n) is 5.03. The van der Waals surface area contributed by atoms with Gasteiger partial charge in [-0.3, -0.25) is 4.79 Å². The van der Waals surface area contributed by atoms with Crippen molar-refractivity contribution in [2.24, 2.45) is 5.92 Å². The van der Waals surface area contributed by atoms with Crippen molar-refractivity contribution in [1.82, 2.24) is 0 Å². The van der Waals surface area contributed by atoms with Gasteiger partial charge in [-0.2, -0.15) is 0 Å². The van der Waals surface area contributed by atoms with Crippen LogP contribution in [-0.4, -0.2) is 14.3 Å². The molecule has 1 saturated carbocycles. The maximum Gasteiger partial charge on any atom is 0.261 e. The van der Waals surface area contributed by atoms with E-state index in [1.807, 2.05) is 0 Å². The Morgan fingerprint density at radius 1 is 1.22 bits per heavy atom. The zero-order valence-electron chi connectivity index (χ0n) is 8.91. The summed E-state index contributed by atoms with van der Waals surface area (Å²) >= 11 is 11.8. The average molecular weight is 329 g/mol. The van der Waals surface area contributed by atoms with Gasteiger partial charge >= 0.3 is 0 Å². The van der Waals surface area contributed by atoms with Crippen LogP contribution in [0.15, 0.2) is 17.0 Å². The lowest BCUT2D eigenvalue weighted by Crippen LogP contribution is -2.14. The van der Waals surface area contributed by atoms with Crippen molar-refractivity contribution in [1.29, 1.82) is 0 Å². The Hall–Kier alpha value is -0.490. The lowest BCUT2D eigenvalue weighted by Gasteiger charge is -2.10. The highest BCUT2D eigenvalue weighted by atomic mass is 35.7. The lowest BCUT2D eigenvalue weighted by atomic mass is 10.3. The molecule has 0 aromatic heterocycles. The number of carbonyl (C=O) groups excluding carboxylic acids is 1. The number of halogens is 3. The van der Waals surface area contributed by atoms with Crippen molar-refractivity contribution in [3.8, 4) is 0 Å². The second kappa shape index (κ2) is 4.89. The molecule has 0 unspecified atom stereocenters. The minimum Gasteiger partial charge on any atom is -0.323 e. The molecule has 18 heavy (non-hydrogen) atoms. The highest BCUT2D eigenvalue weighted by Crippen LogP contribution is 2.36. The second-order valence-electron chi connectivity index (χ2n) is 3.96. The Balaban J connectivity index is 2.34. The third-order valence-corrected chi connectivity index (χ3v) is 4.42. The minimum atomic E-state index is -3.91. The van der Waals surface area contributed by atoms with E-state index in [1.165, 1.54) is 0 Å². The quantitative estimate of drug-likeness (QED) is 0.866. The molecule has 8 heteroatoms. The average Bonchev–Trinajstić information content (AvgIpc) is 3.04. The van der Waals surface area contributed by atoms with E-state index in [2.05, 4.69) is 5.32 Å². The molecule has 1 fully saturated rings. The van der Waals surface area contributed by atoms with Crippen LogP contribution in [0.4, 0.5) is 5.69 Å². The molecule has 1 amide bonds. The Morgan fingerprint density at radius 3 is 2.11 bits per heavy atom. The van der Waals surface area contributed by atoms with Gasteiger partial charge in [-0.15, -0.1) is 0 Å². The molecule has 0 saturated heterocycles. The zero-order chi connectivity index (χ0) is 13.5. The zero-order valence-corrected chi connectivity index (χ0v) is 12.0. The number of nitrogens with one attached hydrogen (secondary N) is 1. The van der Waals surface area contributed by atoms with Crippen molar-refractivity contribution in [2.75, 3.05) is 5.32 Å². The Labute approximate surface area is 119 Å². The van der Waals surface area contributed by atoms with Gasteiger partial charge in [0.25, 0.3) is 9.05 Å². The molecule has 1 aromatic carbocycles. The van der Waals surface area contributed by atoms with Crippen molar-refractivity contribution < 1.29 is 13.2 Å². The van der Waals surface area contributed by atoms with E-state index < -0.39 is 9.05 Å². The van der Waals surface area contributed by atoms with Crippen molar-refractivity contribution >= 4 is 54.5 Å². The number of hydrogen-bond acceptors (Lipinski definition) is 3. The molecule has 1 N–H and O–H groups in total. The molecule has 1 aromatic rings. The summed E-state index contributed by atoms with van der Waals surface area (Å²) in [5.41, 5.74) is 0.208. The third kappa shape index (κ3) is 3.09. The van der Waals surface area contributed by atoms with E-state index in [0.717, 1.165) is 25.0 Å². The van der Waals surface area contributed by atoms with Gasteiger partial charge in [-0.05, 0) is 25.0 Å². The van der Waals surface area contributed by atoms with Crippen LogP contribution in [-0.2, 0) is 13.8 Å². The molecule has 0 heterocycles. The van der Waals surface area contributed by atoms with Crippen LogP contribution in [0.2, 0.25) is 10.0 Å². The van der Waals surface area contributed by atoms with Crippen LogP contribution in [0.3, 0.4) is 0 Å². The number of anilines is 1. The summed E-state index contributed by atoms with van der Waals surface area (Å²) in [6, 6.07) is 2.30. The number of hydrogen-bond donors (Lipinski definition) is 1. The highest BCUT2D eigenvalue weighted by molar-refractivity contribution is 8.13. The SMILES string of the molecule is O=C(Nc1c(Cl)cc(S(=O)(=O)Cl)cc1Cl)C1CC1. The summed E-state index contributed by atoms with van der Waals surface area (Å²) in [4.78, 5) is 11.4. The molecular formula is C10H8Cl3NO3S. The Morgan fingerprint density at radius 2 is 1.72 bits per heavy atom. The number of benzene rings is 1. The molecule has 1 aliphatic carbocycles. The van der Waals surface area contributed by atoms with E-state index in [1.54, 1.807) is 0 Å². The summed E-state index contributed by atoms with van der Waals surface area (Å²) in [5.74, 6) is -0.172. The van der Waals surface area contributed by atoms with E-state index in [4.69, 9.17) is 33.9 Å². The summed E-state index contributed by atoms with van der Waals surface area (Å²) in [7, 11) is 1.28. The molecule has 0 atom stereocenters. The normalized spacial score (nSPS) is 15.5. The minimum absolute atomic E-state index is 0.00595. The van der Waals surface area contributed by atoms with Gasteiger partial charge < -0.3 is 5.32 Å². The van der Waals surface area contributed by atoms with Crippen LogP contribution < -0.4 is 5.32 Å². The molecule has 4 nitrogen and oxygen atoms in total. The Kier molecular flexibility index (Phi) is 3.78. The van der Waals surface area contributed by atoms with Gasteiger partial charge in [0.05, 0.1) is 20.6 Å². The highest BCUT2D eigenvalue weighted by Gasteiger charge is 2.30. The van der Waals surface area contributed by atoms with Crippen LogP contribution in [0, 0.1) is 5.92 Å². The molecule has 0 spiro atoms. The molecule has 98 valence electrons. The molecule has 0 radical (unpaired) electrons. The fourth-order valence-corrected chi connectivity index (χ4v) is 2.88. The Bertz CT molecular complexity index is 588. The van der Waals surface area contributed by atoms with Gasteiger partial charge in [-0.25, -0.2) is 8.42 Å². The van der Waals surface area contributed by atoms with E-state index in [-0.39, 0.29) is 32.5 Å². The van der Waals surface area contributed by atoms with Crippen molar-refractivity contribution in [3.05, 3.63) is 22.2 Å². The summed E-state index contributed by atoms with van der Waals surface area (Å²) in [6.45, 7) is 0. The van der Waals surface area contributed by atoms with Crippen molar-refractivity contribution in [3.63, 3.8) is 0 Å². The van der Waals surface area contributed by atoms with E-state index >= 15 is 0 Å². The predicted molar refractivity (Wildman–Crippen MR) is 70.9 cm³/mol. The molecule has 1 aliphatic rings. The maximum absolute atomic E-state index is 11.6. The smallest absolute Gasteiger partial charge is 0.261 e. The number of carbonyl (C=O) groups is 1. The number of rotatable bonds is 3. The third-order valence-electron chi connectivity index (χ3n) is 2.49. The monoisotopic (exact) mass is 327 g/mol. The summed E-state index contributed by atoms with van der Waals surface area (Å²) in [6.07, 6.45) is 1.68. The van der Waals surface area contributed by atoms with Gasteiger partial charge in [0, 0.05) is 16.6 Å². The largest absolute Gasteiger partial charge is 0.323 e. The van der Waals surface area contributed by atoms with Gasteiger partial charge in [0.2, 0.25) is 5.91 Å². The fraction of sp³-hybridized carbons (Fsp3) is 0.300. The fourth-order valence-electron chi connectivity index (χ4n) is 1.38. The van der Waals surface area contributed by atoms with Crippen LogP contribution in [0.1, 0.15) is 12.8 Å². The standard InChI is InChI=1S/C10H8Cl3NO3S/c11-7-3-6(18(13,16)17)4-8(12)9(7)14-10(15)5-1-2-5/h3-5H,1-2H2,(H,14,15). The molecule has 2 rings (SSSR count). The second-order valence-corrected chi connectivity index (χ2v) is 7.34. The van der Waals surface area contributed by atoms with E-state index in [9.17, 15) is 13.2 Å². The maximum atomic E-state index is 11.6. The lowest BCUT2D eigenvalue weighted by molar-refractivity contribution is -0.117. The van der Waals surface area contributed by atoms with Crippen LogP contribution in [0.5, 0.6) is 0 Å². The first kappa shape index (κ1) is 13.9. The van der Waals surface area contributed by atoms with Gasteiger partial charge in [-0.1, -0.05) is 23.2 Å². The molecule has 0 aliphatic heterocycles. The topological polar surface area (TPSA) is 63.2 Å². The van der Waals surface area contributed by atoms with Gasteiger partial charge in [0.15, 0.2) is 0 Å². The van der Waals surface area contributed by atoms with Crippen LogP contribution in [0.25, 0.3) is 0 Å². The molecular weight excluding hydrogens is 321 g/mol. The number of amides is 1. The summed E-state index contributed by atoms with van der Waals surface area (Å²) in [5, 5.41) is 2.65. The summed E-state index contributed by atoms with van der Waals surface area (Å²) < 4.78 is 22.3. The first-order chi connectivity index (χ1) is 8.29. The van der Waals surface area contributed by atoms with Crippen LogP contribution >= 0.6 is 33.9 Å².